The third kappa shape index (κ3) is 4.41. The van der Waals surface area contributed by atoms with E-state index >= 15 is 0 Å². The van der Waals surface area contributed by atoms with Crippen LogP contribution in [0.25, 0.3) is 0 Å². The number of guanidine groups is 1. The summed E-state index contributed by atoms with van der Waals surface area (Å²) in [4.78, 5) is 6.44. The van der Waals surface area contributed by atoms with Crippen LogP contribution in [0.4, 0.5) is 0 Å². The summed E-state index contributed by atoms with van der Waals surface area (Å²) >= 11 is 0. The van der Waals surface area contributed by atoms with Crippen LogP contribution in [-0.4, -0.2) is 37.5 Å². The van der Waals surface area contributed by atoms with Crippen molar-refractivity contribution in [3.63, 3.8) is 0 Å². The van der Waals surface area contributed by atoms with Crippen molar-refractivity contribution in [2.75, 3.05) is 20.6 Å². The van der Waals surface area contributed by atoms with Gasteiger partial charge in [0.15, 0.2) is 5.96 Å². The second kappa shape index (κ2) is 7.06. The molecule has 1 rings (SSSR count). The topological polar surface area (TPSA) is 66.8 Å². The summed E-state index contributed by atoms with van der Waals surface area (Å²) in [5.41, 5.74) is 5.84. The SMILES string of the molecule is CCC(C)NC(N)=NCC(c1ccco1)N(C)C. The van der Waals surface area contributed by atoms with Crippen molar-refractivity contribution in [2.45, 2.75) is 32.4 Å². The van der Waals surface area contributed by atoms with Gasteiger partial charge in [-0.15, -0.1) is 0 Å². The lowest BCUT2D eigenvalue weighted by molar-refractivity contribution is 0.265. The first kappa shape index (κ1) is 14.6. The van der Waals surface area contributed by atoms with Gasteiger partial charge in [-0.1, -0.05) is 6.92 Å². The number of rotatable bonds is 6. The number of aliphatic imine (C=N–C) groups is 1. The summed E-state index contributed by atoms with van der Waals surface area (Å²) in [5, 5.41) is 3.15. The van der Waals surface area contributed by atoms with Gasteiger partial charge in [-0.3, -0.25) is 9.89 Å². The molecule has 0 aliphatic heterocycles. The molecule has 0 saturated carbocycles. The Balaban J connectivity index is 2.60. The Bertz CT molecular complexity index is 359. The molecule has 0 fully saturated rings. The van der Waals surface area contributed by atoms with Gasteiger partial charge in [0, 0.05) is 6.04 Å². The maximum absolute atomic E-state index is 5.84. The Kier molecular flexibility index (Phi) is 5.71. The summed E-state index contributed by atoms with van der Waals surface area (Å²) in [6.07, 6.45) is 2.70. The minimum atomic E-state index is 0.109. The summed E-state index contributed by atoms with van der Waals surface area (Å²) < 4.78 is 5.42. The number of nitrogens with one attached hydrogen (secondary N) is 1. The molecule has 0 aromatic carbocycles. The zero-order valence-electron chi connectivity index (χ0n) is 11.7. The maximum atomic E-state index is 5.84. The van der Waals surface area contributed by atoms with Gasteiger partial charge in [0.05, 0.1) is 18.8 Å². The predicted molar refractivity (Wildman–Crippen MR) is 74.5 cm³/mol. The minimum absolute atomic E-state index is 0.109. The fourth-order valence-corrected chi connectivity index (χ4v) is 1.57. The van der Waals surface area contributed by atoms with Gasteiger partial charge in [-0.2, -0.15) is 0 Å². The third-order valence-corrected chi connectivity index (χ3v) is 2.94. The van der Waals surface area contributed by atoms with Gasteiger partial charge in [-0.05, 0) is 39.6 Å². The molecule has 3 N–H and O–H groups in total. The molecule has 1 aromatic heterocycles. The predicted octanol–water partition coefficient (Wildman–Crippen LogP) is 1.59. The molecular formula is C13H24N4O. The van der Waals surface area contributed by atoms with Crippen LogP contribution in [0, 0.1) is 0 Å². The average molecular weight is 252 g/mol. The van der Waals surface area contributed by atoms with Gasteiger partial charge in [0.25, 0.3) is 0 Å². The standard InChI is InChI=1S/C13H24N4O/c1-5-10(2)16-13(14)15-9-11(17(3)4)12-7-6-8-18-12/h6-8,10-11H,5,9H2,1-4H3,(H3,14,15,16). The van der Waals surface area contributed by atoms with E-state index in [0.717, 1.165) is 12.2 Å². The normalized spacial score (nSPS) is 15.7. The number of nitrogens with zero attached hydrogens (tertiary/aromatic N) is 2. The molecule has 18 heavy (non-hydrogen) atoms. The fraction of sp³-hybridized carbons (Fsp3) is 0.615. The van der Waals surface area contributed by atoms with E-state index in [1.807, 2.05) is 26.2 Å². The molecule has 1 aromatic rings. The van der Waals surface area contributed by atoms with E-state index in [0.29, 0.717) is 18.5 Å². The van der Waals surface area contributed by atoms with Crippen molar-refractivity contribution in [1.82, 2.24) is 10.2 Å². The lowest BCUT2D eigenvalue weighted by Gasteiger charge is -2.21. The number of furan rings is 1. The molecule has 0 amide bonds. The first-order valence-corrected chi connectivity index (χ1v) is 6.30. The Morgan fingerprint density at radius 3 is 2.78 bits per heavy atom. The Morgan fingerprint density at radius 2 is 2.28 bits per heavy atom. The molecule has 0 bridgehead atoms. The van der Waals surface area contributed by atoms with Crippen LogP contribution in [0.2, 0.25) is 0 Å². The highest BCUT2D eigenvalue weighted by Crippen LogP contribution is 2.18. The highest BCUT2D eigenvalue weighted by molar-refractivity contribution is 5.78. The molecule has 5 nitrogen and oxygen atoms in total. The number of hydrogen-bond acceptors (Lipinski definition) is 3. The van der Waals surface area contributed by atoms with E-state index in [4.69, 9.17) is 10.2 Å². The first-order chi connectivity index (χ1) is 8.54. The van der Waals surface area contributed by atoms with E-state index in [1.54, 1.807) is 6.26 Å². The van der Waals surface area contributed by atoms with Gasteiger partial charge in [-0.25, -0.2) is 0 Å². The van der Waals surface area contributed by atoms with E-state index in [2.05, 4.69) is 29.1 Å². The van der Waals surface area contributed by atoms with Crippen LogP contribution < -0.4 is 11.1 Å². The molecule has 2 unspecified atom stereocenters. The Labute approximate surface area is 109 Å². The zero-order valence-corrected chi connectivity index (χ0v) is 11.7. The summed E-state index contributed by atoms with van der Waals surface area (Å²) in [7, 11) is 4.00. The number of hydrogen-bond donors (Lipinski definition) is 2. The molecule has 102 valence electrons. The van der Waals surface area contributed by atoms with Crippen molar-refractivity contribution in [1.29, 1.82) is 0 Å². The summed E-state index contributed by atoms with van der Waals surface area (Å²) in [6, 6.07) is 4.29. The van der Waals surface area contributed by atoms with Crippen molar-refractivity contribution in [3.05, 3.63) is 24.2 Å². The fourth-order valence-electron chi connectivity index (χ4n) is 1.57. The molecule has 0 radical (unpaired) electrons. The average Bonchev–Trinajstić information content (AvgIpc) is 2.82. The maximum Gasteiger partial charge on any atom is 0.188 e. The van der Waals surface area contributed by atoms with Crippen LogP contribution in [0.5, 0.6) is 0 Å². The zero-order chi connectivity index (χ0) is 13.5. The molecule has 0 saturated heterocycles. The van der Waals surface area contributed by atoms with E-state index < -0.39 is 0 Å². The molecule has 2 atom stereocenters. The van der Waals surface area contributed by atoms with Gasteiger partial charge in [0.2, 0.25) is 0 Å². The lowest BCUT2D eigenvalue weighted by atomic mass is 10.2. The van der Waals surface area contributed by atoms with Gasteiger partial charge < -0.3 is 15.5 Å². The summed E-state index contributed by atoms with van der Waals surface area (Å²) in [5.74, 6) is 1.39. The highest BCUT2D eigenvalue weighted by Gasteiger charge is 2.16. The minimum Gasteiger partial charge on any atom is -0.468 e. The molecule has 0 aliphatic carbocycles. The quantitative estimate of drug-likeness (QED) is 0.596. The van der Waals surface area contributed by atoms with Crippen LogP contribution in [0.15, 0.2) is 27.8 Å². The third-order valence-electron chi connectivity index (χ3n) is 2.94. The number of nitrogens with two attached hydrogens (primary N) is 1. The smallest absolute Gasteiger partial charge is 0.188 e. The highest BCUT2D eigenvalue weighted by atomic mass is 16.3. The molecule has 5 heteroatoms. The molecule has 1 heterocycles. The van der Waals surface area contributed by atoms with E-state index in [1.165, 1.54) is 0 Å². The van der Waals surface area contributed by atoms with Crippen LogP contribution in [0.3, 0.4) is 0 Å². The Hall–Kier alpha value is -1.49. The van der Waals surface area contributed by atoms with E-state index in [9.17, 15) is 0 Å². The van der Waals surface area contributed by atoms with Crippen molar-refractivity contribution in [2.24, 2.45) is 10.7 Å². The van der Waals surface area contributed by atoms with Crippen LogP contribution >= 0.6 is 0 Å². The van der Waals surface area contributed by atoms with Crippen molar-refractivity contribution in [3.8, 4) is 0 Å². The monoisotopic (exact) mass is 252 g/mol. The second-order valence-electron chi connectivity index (χ2n) is 4.67. The Morgan fingerprint density at radius 1 is 1.56 bits per heavy atom. The van der Waals surface area contributed by atoms with E-state index in [-0.39, 0.29) is 6.04 Å². The van der Waals surface area contributed by atoms with Crippen molar-refractivity contribution < 1.29 is 4.42 Å². The van der Waals surface area contributed by atoms with Crippen molar-refractivity contribution >= 4 is 5.96 Å². The molecule has 0 aliphatic rings. The molecule has 0 spiro atoms. The van der Waals surface area contributed by atoms with Gasteiger partial charge in [0.1, 0.15) is 5.76 Å². The lowest BCUT2D eigenvalue weighted by Crippen LogP contribution is -2.38. The second-order valence-corrected chi connectivity index (χ2v) is 4.67. The first-order valence-electron chi connectivity index (χ1n) is 6.30. The van der Waals surface area contributed by atoms with Gasteiger partial charge >= 0.3 is 0 Å². The largest absolute Gasteiger partial charge is 0.468 e. The summed E-state index contributed by atoms with van der Waals surface area (Å²) in [6.45, 7) is 4.77. The molecular weight excluding hydrogens is 228 g/mol. The number of likely N-dealkylation sites (N-methyl/N-ethyl adjacent to an activating group) is 1. The van der Waals surface area contributed by atoms with Crippen LogP contribution in [0.1, 0.15) is 32.1 Å². The van der Waals surface area contributed by atoms with Crippen LogP contribution in [-0.2, 0) is 0 Å².